The van der Waals surface area contributed by atoms with E-state index in [4.69, 9.17) is 14.2 Å². The largest absolute Gasteiger partial charge is 0.497 e. The van der Waals surface area contributed by atoms with Crippen molar-refractivity contribution in [3.63, 3.8) is 0 Å². The Morgan fingerprint density at radius 2 is 1.89 bits per heavy atom. The molecule has 0 saturated heterocycles. The third-order valence-electron chi connectivity index (χ3n) is 3.79. The highest BCUT2D eigenvalue weighted by Gasteiger charge is 2.34. The van der Waals surface area contributed by atoms with Gasteiger partial charge in [-0.1, -0.05) is 0 Å². The Morgan fingerprint density at radius 1 is 1.21 bits per heavy atom. The predicted octanol–water partition coefficient (Wildman–Crippen LogP) is 2.16. The zero-order chi connectivity index (χ0) is 21.1. The molecule has 1 aromatic rings. The summed E-state index contributed by atoms with van der Waals surface area (Å²) in [5.74, 6) is -0.107. The molecular formula is C19H26N2O6S. The molecule has 0 bridgehead atoms. The Bertz CT molecular complexity index is 828. The summed E-state index contributed by atoms with van der Waals surface area (Å²) in [6.45, 7) is 7.40. The first-order valence-corrected chi connectivity index (χ1v) is 9.88. The predicted molar refractivity (Wildman–Crippen MR) is 105 cm³/mol. The SMILES string of the molecule is COC(=O)C1=C(NC[C@@H](C)NC(=O)OC(C)(C)C)c2cc(OC)ccc2S1=O. The topological polar surface area (TPSA) is 103 Å². The van der Waals surface area contributed by atoms with Crippen LogP contribution in [0.15, 0.2) is 28.0 Å². The Balaban J connectivity index is 2.21. The quantitative estimate of drug-likeness (QED) is 0.693. The number of alkyl carbamates (subject to hydrolysis) is 1. The first-order chi connectivity index (χ1) is 13.1. The Morgan fingerprint density at radius 3 is 2.46 bits per heavy atom. The van der Waals surface area contributed by atoms with Gasteiger partial charge in [0.15, 0.2) is 4.91 Å². The summed E-state index contributed by atoms with van der Waals surface area (Å²) in [6, 6.07) is 4.73. The molecule has 0 saturated carbocycles. The number of carbonyl (C=O) groups is 2. The number of hydrogen-bond acceptors (Lipinski definition) is 7. The molecule has 2 N–H and O–H groups in total. The molecule has 1 amide bonds. The van der Waals surface area contributed by atoms with Gasteiger partial charge in [0.2, 0.25) is 0 Å². The molecule has 0 fully saturated rings. The number of hydrogen-bond donors (Lipinski definition) is 2. The number of fused-ring (bicyclic) bond motifs is 1. The fourth-order valence-electron chi connectivity index (χ4n) is 2.58. The summed E-state index contributed by atoms with van der Waals surface area (Å²) < 4.78 is 28.0. The van der Waals surface area contributed by atoms with Crippen molar-refractivity contribution in [2.24, 2.45) is 0 Å². The molecule has 9 heteroatoms. The van der Waals surface area contributed by atoms with Crippen molar-refractivity contribution in [3.05, 3.63) is 28.7 Å². The van der Waals surface area contributed by atoms with E-state index in [2.05, 4.69) is 10.6 Å². The lowest BCUT2D eigenvalue weighted by Crippen LogP contribution is -2.42. The lowest BCUT2D eigenvalue weighted by Gasteiger charge is -2.22. The summed E-state index contributed by atoms with van der Waals surface area (Å²) in [6.07, 6.45) is -0.541. The summed E-state index contributed by atoms with van der Waals surface area (Å²) in [7, 11) is 1.09. The summed E-state index contributed by atoms with van der Waals surface area (Å²) in [5.41, 5.74) is 0.398. The molecule has 1 unspecified atom stereocenters. The lowest BCUT2D eigenvalue weighted by atomic mass is 10.1. The minimum Gasteiger partial charge on any atom is -0.497 e. The Hall–Kier alpha value is -2.55. The van der Waals surface area contributed by atoms with E-state index < -0.39 is 28.5 Å². The van der Waals surface area contributed by atoms with Crippen molar-refractivity contribution in [3.8, 4) is 5.75 Å². The van der Waals surface area contributed by atoms with Crippen LogP contribution in [0.5, 0.6) is 5.75 Å². The molecule has 1 aromatic carbocycles. The Labute approximate surface area is 167 Å². The van der Waals surface area contributed by atoms with Crippen LogP contribution in [0.2, 0.25) is 0 Å². The normalized spacial score (nSPS) is 16.9. The van der Waals surface area contributed by atoms with Crippen LogP contribution in [0.4, 0.5) is 4.79 Å². The van der Waals surface area contributed by atoms with E-state index in [-0.39, 0.29) is 17.5 Å². The number of ether oxygens (including phenoxy) is 3. The summed E-state index contributed by atoms with van der Waals surface area (Å²) >= 11 is 0. The van der Waals surface area contributed by atoms with Crippen molar-refractivity contribution in [2.75, 3.05) is 20.8 Å². The van der Waals surface area contributed by atoms with Crippen LogP contribution in [0.25, 0.3) is 5.70 Å². The van der Waals surface area contributed by atoms with Gasteiger partial charge < -0.3 is 24.8 Å². The molecule has 1 aliphatic heterocycles. The van der Waals surface area contributed by atoms with E-state index in [1.807, 2.05) is 0 Å². The summed E-state index contributed by atoms with van der Waals surface area (Å²) in [4.78, 5) is 24.6. The second kappa shape index (κ2) is 8.64. The van der Waals surface area contributed by atoms with Crippen LogP contribution in [-0.4, -0.2) is 48.7 Å². The molecule has 2 rings (SSSR count). The van der Waals surface area contributed by atoms with E-state index in [1.54, 1.807) is 45.9 Å². The minimum atomic E-state index is -1.67. The number of amides is 1. The van der Waals surface area contributed by atoms with Gasteiger partial charge in [-0.3, -0.25) is 0 Å². The van der Waals surface area contributed by atoms with Crippen LogP contribution >= 0.6 is 0 Å². The van der Waals surface area contributed by atoms with Crippen LogP contribution in [-0.2, 0) is 25.1 Å². The van der Waals surface area contributed by atoms with Gasteiger partial charge in [-0.15, -0.1) is 0 Å². The number of benzene rings is 1. The number of methoxy groups -OCH3 is 2. The molecular weight excluding hydrogens is 384 g/mol. The van der Waals surface area contributed by atoms with Crippen molar-refractivity contribution in [1.82, 2.24) is 10.6 Å². The first-order valence-electron chi connectivity index (χ1n) is 8.73. The monoisotopic (exact) mass is 410 g/mol. The van der Waals surface area contributed by atoms with Gasteiger partial charge in [0.05, 0.1) is 35.6 Å². The zero-order valence-corrected chi connectivity index (χ0v) is 17.7. The lowest BCUT2D eigenvalue weighted by molar-refractivity contribution is -0.135. The van der Waals surface area contributed by atoms with Crippen LogP contribution in [0.3, 0.4) is 0 Å². The van der Waals surface area contributed by atoms with Gasteiger partial charge in [0.25, 0.3) is 0 Å². The number of carbonyl (C=O) groups excluding carboxylic acids is 2. The number of nitrogens with one attached hydrogen (secondary N) is 2. The minimum absolute atomic E-state index is 0.0372. The molecule has 0 spiro atoms. The molecule has 0 aromatic heterocycles. The highest BCUT2D eigenvalue weighted by atomic mass is 32.2. The molecule has 0 aliphatic carbocycles. The molecule has 154 valence electrons. The van der Waals surface area contributed by atoms with Crippen molar-refractivity contribution in [2.45, 2.75) is 44.2 Å². The maximum absolute atomic E-state index is 12.8. The van der Waals surface area contributed by atoms with Crippen molar-refractivity contribution in [1.29, 1.82) is 0 Å². The average molecular weight is 410 g/mol. The van der Waals surface area contributed by atoms with Gasteiger partial charge in [-0.2, -0.15) is 0 Å². The number of rotatable bonds is 6. The zero-order valence-electron chi connectivity index (χ0n) is 16.9. The van der Waals surface area contributed by atoms with E-state index in [0.717, 1.165) is 0 Å². The summed E-state index contributed by atoms with van der Waals surface area (Å²) in [5, 5.41) is 5.83. The first kappa shape index (κ1) is 21.7. The molecule has 8 nitrogen and oxygen atoms in total. The Kier molecular flexibility index (Phi) is 6.71. The van der Waals surface area contributed by atoms with Gasteiger partial charge in [0, 0.05) is 18.2 Å². The van der Waals surface area contributed by atoms with Gasteiger partial charge in [0.1, 0.15) is 11.4 Å². The number of esters is 1. The molecule has 0 radical (unpaired) electrons. The molecule has 1 heterocycles. The maximum Gasteiger partial charge on any atom is 0.407 e. The standard InChI is InChI=1S/C19H26N2O6S/c1-11(21-18(23)27-19(2,3)4)10-20-15-13-9-12(25-5)7-8-14(13)28(24)16(15)17(22)26-6/h7-9,11,20H,10H2,1-6H3,(H,21,23)/t11-,28?/m1/s1. The third-order valence-corrected chi connectivity index (χ3v) is 5.28. The maximum atomic E-state index is 12.8. The van der Waals surface area contributed by atoms with E-state index in [9.17, 15) is 13.8 Å². The second-order valence-electron chi connectivity index (χ2n) is 7.25. The van der Waals surface area contributed by atoms with Crippen molar-refractivity contribution < 1.29 is 28.0 Å². The van der Waals surface area contributed by atoms with E-state index >= 15 is 0 Å². The fourth-order valence-corrected chi connectivity index (χ4v) is 3.95. The van der Waals surface area contributed by atoms with Gasteiger partial charge >= 0.3 is 12.1 Å². The fraction of sp³-hybridized carbons (Fsp3) is 0.474. The highest BCUT2D eigenvalue weighted by molar-refractivity contribution is 7.90. The highest BCUT2D eigenvalue weighted by Crippen LogP contribution is 2.37. The van der Waals surface area contributed by atoms with Gasteiger partial charge in [-0.25, -0.2) is 13.8 Å². The third kappa shape index (κ3) is 5.03. The second-order valence-corrected chi connectivity index (χ2v) is 8.64. The molecule has 28 heavy (non-hydrogen) atoms. The smallest absolute Gasteiger partial charge is 0.407 e. The van der Waals surface area contributed by atoms with E-state index in [0.29, 0.717) is 21.9 Å². The van der Waals surface area contributed by atoms with Gasteiger partial charge in [-0.05, 0) is 45.9 Å². The molecule has 2 atom stereocenters. The van der Waals surface area contributed by atoms with Crippen LogP contribution < -0.4 is 15.4 Å². The van der Waals surface area contributed by atoms with Crippen molar-refractivity contribution >= 4 is 28.6 Å². The average Bonchev–Trinajstić information content (AvgIpc) is 2.89. The van der Waals surface area contributed by atoms with E-state index in [1.165, 1.54) is 14.2 Å². The van der Waals surface area contributed by atoms with Crippen LogP contribution in [0.1, 0.15) is 33.3 Å². The van der Waals surface area contributed by atoms with Crippen LogP contribution in [0, 0.1) is 0 Å². The molecule has 1 aliphatic rings.